The largest absolute Gasteiger partial charge is 0.482 e. The smallest absolute Gasteiger partial charge is 0.422 e. The van der Waals surface area contributed by atoms with E-state index in [1.165, 1.54) is 30.7 Å². The minimum absolute atomic E-state index is 0.000781. The first kappa shape index (κ1) is 20.1. The van der Waals surface area contributed by atoms with Crippen molar-refractivity contribution in [1.29, 1.82) is 0 Å². The van der Waals surface area contributed by atoms with Gasteiger partial charge in [0.25, 0.3) is 5.91 Å². The van der Waals surface area contributed by atoms with E-state index < -0.39 is 18.7 Å². The third-order valence-electron chi connectivity index (χ3n) is 3.60. The van der Waals surface area contributed by atoms with Crippen LogP contribution in [-0.4, -0.2) is 33.6 Å². The zero-order chi connectivity index (χ0) is 20.7. The van der Waals surface area contributed by atoms with Crippen LogP contribution in [-0.2, 0) is 6.54 Å². The van der Waals surface area contributed by atoms with Gasteiger partial charge in [0.15, 0.2) is 6.61 Å². The molecule has 3 aromatic rings. The molecule has 0 radical (unpaired) electrons. The minimum atomic E-state index is -4.50. The molecule has 7 nitrogen and oxygen atoms in total. The second kappa shape index (κ2) is 9.00. The number of rotatable bonds is 7. The fourth-order valence-corrected chi connectivity index (χ4v) is 2.29. The molecule has 2 aromatic heterocycles. The van der Waals surface area contributed by atoms with Crippen LogP contribution in [0.2, 0.25) is 0 Å². The summed E-state index contributed by atoms with van der Waals surface area (Å²) >= 11 is 0. The summed E-state index contributed by atoms with van der Waals surface area (Å²) in [7, 11) is 0. The third-order valence-corrected chi connectivity index (χ3v) is 3.60. The lowest BCUT2D eigenvalue weighted by atomic mass is 10.2. The lowest BCUT2D eigenvalue weighted by Crippen LogP contribution is -2.21. The first-order valence-electron chi connectivity index (χ1n) is 8.46. The number of alkyl halides is 3. The summed E-state index contributed by atoms with van der Waals surface area (Å²) in [5, 5.41) is 5.46. The predicted octanol–water partition coefficient (Wildman–Crippen LogP) is 3.68. The molecule has 1 aromatic carbocycles. The summed E-state index contributed by atoms with van der Waals surface area (Å²) in [6.07, 6.45) is -0.646. The number of pyridine rings is 1. The van der Waals surface area contributed by atoms with Gasteiger partial charge in [-0.1, -0.05) is 30.3 Å². The van der Waals surface area contributed by atoms with Gasteiger partial charge in [-0.05, 0) is 11.6 Å². The maximum Gasteiger partial charge on any atom is 0.422 e. The number of aromatic nitrogens is 3. The van der Waals surface area contributed by atoms with E-state index >= 15 is 0 Å². The first-order chi connectivity index (χ1) is 13.9. The maximum atomic E-state index is 12.5. The second-order valence-electron chi connectivity index (χ2n) is 5.83. The Balaban J connectivity index is 1.67. The topological polar surface area (TPSA) is 89.0 Å². The lowest BCUT2D eigenvalue weighted by molar-refractivity contribution is -0.153. The highest BCUT2D eigenvalue weighted by Crippen LogP contribution is 2.25. The van der Waals surface area contributed by atoms with Crippen molar-refractivity contribution in [2.75, 3.05) is 17.2 Å². The van der Waals surface area contributed by atoms with Crippen LogP contribution in [0.25, 0.3) is 0 Å². The van der Waals surface area contributed by atoms with Crippen LogP contribution in [0.15, 0.2) is 61.1 Å². The van der Waals surface area contributed by atoms with Gasteiger partial charge < -0.3 is 15.4 Å². The Labute approximate surface area is 164 Å². The number of anilines is 2. The number of halogens is 3. The van der Waals surface area contributed by atoms with Crippen LogP contribution in [0.5, 0.6) is 5.75 Å². The molecule has 0 aliphatic rings. The van der Waals surface area contributed by atoms with Crippen LogP contribution in [0.4, 0.5) is 24.8 Å². The highest BCUT2D eigenvalue weighted by molar-refractivity contribution is 6.03. The zero-order valence-electron chi connectivity index (χ0n) is 15.0. The van der Waals surface area contributed by atoms with Crippen molar-refractivity contribution in [2.45, 2.75) is 12.7 Å². The van der Waals surface area contributed by atoms with Gasteiger partial charge in [0.2, 0.25) is 5.95 Å². The molecule has 2 N–H and O–H groups in total. The lowest BCUT2D eigenvalue weighted by Gasteiger charge is -2.13. The number of amides is 1. The number of ether oxygens (including phenoxy) is 1. The van der Waals surface area contributed by atoms with Crippen LogP contribution in [0.3, 0.4) is 0 Å². The summed E-state index contributed by atoms with van der Waals surface area (Å²) in [6.45, 7) is -1.02. The van der Waals surface area contributed by atoms with Crippen LogP contribution < -0.4 is 15.4 Å². The second-order valence-corrected chi connectivity index (χ2v) is 5.83. The van der Waals surface area contributed by atoms with Gasteiger partial charge in [0.05, 0.1) is 6.20 Å². The average molecular weight is 403 g/mol. The third kappa shape index (κ3) is 6.16. The van der Waals surface area contributed by atoms with E-state index in [1.54, 1.807) is 0 Å². The molecule has 3 rings (SSSR count). The van der Waals surface area contributed by atoms with Crippen molar-refractivity contribution < 1.29 is 22.7 Å². The number of nitrogens with zero attached hydrogens (tertiary/aromatic N) is 3. The van der Waals surface area contributed by atoms with Crippen molar-refractivity contribution in [1.82, 2.24) is 15.0 Å². The first-order valence-corrected chi connectivity index (χ1v) is 8.46. The Morgan fingerprint density at radius 1 is 1.07 bits per heavy atom. The standard InChI is InChI=1S/C19H16F3N5O2/c20-19(21,22)12-29-16-7-8-23-11-15(16)26-17(28)14-6-9-24-18(27-14)25-10-13-4-2-1-3-5-13/h1-9,11H,10,12H2,(H,26,28)(H,24,25,27). The summed E-state index contributed by atoms with van der Waals surface area (Å²) in [4.78, 5) is 24.4. The van der Waals surface area contributed by atoms with Gasteiger partial charge >= 0.3 is 6.18 Å². The minimum Gasteiger partial charge on any atom is -0.482 e. The van der Waals surface area contributed by atoms with Crippen molar-refractivity contribution >= 4 is 17.5 Å². The number of hydrogen-bond donors (Lipinski definition) is 2. The molecule has 150 valence electrons. The molecule has 0 spiro atoms. The number of hydrogen-bond acceptors (Lipinski definition) is 6. The van der Waals surface area contributed by atoms with Crippen LogP contribution in [0, 0.1) is 0 Å². The van der Waals surface area contributed by atoms with Gasteiger partial charge in [0, 0.05) is 25.0 Å². The monoisotopic (exact) mass is 403 g/mol. The number of carbonyl (C=O) groups is 1. The van der Waals surface area contributed by atoms with E-state index in [0.717, 1.165) is 5.56 Å². The summed E-state index contributed by atoms with van der Waals surface area (Å²) in [6, 6.07) is 12.2. The van der Waals surface area contributed by atoms with E-state index in [-0.39, 0.29) is 23.1 Å². The molecule has 0 bridgehead atoms. The van der Waals surface area contributed by atoms with Gasteiger partial charge in [-0.3, -0.25) is 9.78 Å². The van der Waals surface area contributed by atoms with Crippen molar-refractivity contribution in [3.63, 3.8) is 0 Å². The fraction of sp³-hybridized carbons (Fsp3) is 0.158. The maximum absolute atomic E-state index is 12.5. The van der Waals surface area contributed by atoms with E-state index in [0.29, 0.717) is 6.54 Å². The van der Waals surface area contributed by atoms with Gasteiger partial charge in [-0.2, -0.15) is 13.2 Å². The molecule has 0 atom stereocenters. The number of carbonyl (C=O) groups excluding carboxylic acids is 1. The Hall–Kier alpha value is -3.69. The molecule has 0 fully saturated rings. The highest BCUT2D eigenvalue weighted by Gasteiger charge is 2.29. The van der Waals surface area contributed by atoms with Crippen molar-refractivity contribution in [3.05, 3.63) is 72.3 Å². The molecule has 2 heterocycles. The average Bonchev–Trinajstić information content (AvgIpc) is 2.72. The normalized spacial score (nSPS) is 11.0. The van der Waals surface area contributed by atoms with Crippen LogP contribution >= 0.6 is 0 Å². The molecule has 10 heteroatoms. The summed E-state index contributed by atoms with van der Waals surface area (Å²) < 4.78 is 41.9. The zero-order valence-corrected chi connectivity index (χ0v) is 15.0. The molecule has 0 unspecified atom stereocenters. The van der Waals surface area contributed by atoms with Gasteiger partial charge in [0.1, 0.15) is 17.1 Å². The van der Waals surface area contributed by atoms with E-state index in [1.807, 2.05) is 30.3 Å². The molecule has 0 saturated carbocycles. The molecule has 29 heavy (non-hydrogen) atoms. The van der Waals surface area contributed by atoms with E-state index in [9.17, 15) is 18.0 Å². The highest BCUT2D eigenvalue weighted by atomic mass is 19.4. The van der Waals surface area contributed by atoms with Crippen molar-refractivity contribution in [2.24, 2.45) is 0 Å². The number of benzene rings is 1. The fourth-order valence-electron chi connectivity index (χ4n) is 2.29. The number of nitrogens with one attached hydrogen (secondary N) is 2. The van der Waals surface area contributed by atoms with Gasteiger partial charge in [-0.25, -0.2) is 9.97 Å². The quantitative estimate of drug-likeness (QED) is 0.626. The molecule has 0 aliphatic heterocycles. The van der Waals surface area contributed by atoms with Gasteiger partial charge in [-0.15, -0.1) is 0 Å². The molecular weight excluding hydrogens is 387 g/mol. The SMILES string of the molecule is O=C(Nc1cnccc1OCC(F)(F)F)c1ccnc(NCc2ccccc2)n1. The Morgan fingerprint density at radius 2 is 1.86 bits per heavy atom. The van der Waals surface area contributed by atoms with E-state index in [2.05, 4.69) is 25.6 Å². The molecule has 0 aliphatic carbocycles. The summed E-state index contributed by atoms with van der Waals surface area (Å²) in [5.41, 5.74) is 1.04. The Kier molecular flexibility index (Phi) is 6.22. The Morgan fingerprint density at radius 3 is 2.62 bits per heavy atom. The van der Waals surface area contributed by atoms with Crippen LogP contribution in [0.1, 0.15) is 16.1 Å². The Bertz CT molecular complexity index is 967. The summed E-state index contributed by atoms with van der Waals surface area (Å²) in [5.74, 6) is -0.552. The molecular formula is C19H16F3N5O2. The molecule has 0 saturated heterocycles. The van der Waals surface area contributed by atoms with Crippen molar-refractivity contribution in [3.8, 4) is 5.75 Å². The predicted molar refractivity (Wildman–Crippen MR) is 99.5 cm³/mol. The molecule has 1 amide bonds. The van der Waals surface area contributed by atoms with E-state index in [4.69, 9.17) is 4.74 Å².